The molecule has 0 radical (unpaired) electrons. The molecular weight excluding hydrogens is 210 g/mol. The van der Waals surface area contributed by atoms with E-state index in [0.717, 1.165) is 18.5 Å². The van der Waals surface area contributed by atoms with E-state index in [9.17, 15) is 4.79 Å². The number of esters is 1. The molecule has 1 N–H and O–H groups in total. The summed E-state index contributed by atoms with van der Waals surface area (Å²) in [4.78, 5) is 11.7. The van der Waals surface area contributed by atoms with Crippen LogP contribution in [0.2, 0.25) is 0 Å². The van der Waals surface area contributed by atoms with Crippen LogP contribution in [0.4, 0.5) is 0 Å². The Balaban J connectivity index is 2.59. The van der Waals surface area contributed by atoms with Gasteiger partial charge in [-0.3, -0.25) is 0 Å². The Bertz CT molecular complexity index is 387. The molecule has 0 aliphatic carbocycles. The average molecular weight is 223 g/mol. The molecule has 1 aromatic rings. The lowest BCUT2D eigenvalue weighted by molar-refractivity contribution is 0.0606. The second-order valence-electron chi connectivity index (χ2n) is 2.85. The smallest absolute Gasteiger partial charge is 0.348 e. The zero-order valence-electron chi connectivity index (χ0n) is 8.79. The Kier molecular flexibility index (Phi) is 4.88. The van der Waals surface area contributed by atoms with Crippen LogP contribution in [0, 0.1) is 11.8 Å². The highest BCUT2D eigenvalue weighted by Crippen LogP contribution is 2.14. The third-order valence-electron chi connectivity index (χ3n) is 1.72. The first-order valence-corrected chi connectivity index (χ1v) is 5.46. The van der Waals surface area contributed by atoms with Crippen LogP contribution < -0.4 is 5.32 Å². The number of rotatable bonds is 3. The van der Waals surface area contributed by atoms with E-state index < -0.39 is 0 Å². The second-order valence-corrected chi connectivity index (χ2v) is 3.76. The minimum atomic E-state index is -0.303. The molecule has 3 nitrogen and oxygen atoms in total. The zero-order valence-corrected chi connectivity index (χ0v) is 9.61. The summed E-state index contributed by atoms with van der Waals surface area (Å²) in [6.07, 6.45) is 0.805. The van der Waals surface area contributed by atoms with Crippen LogP contribution in [0.25, 0.3) is 0 Å². The minimum absolute atomic E-state index is 0.303. The van der Waals surface area contributed by atoms with E-state index in [1.807, 2.05) is 12.4 Å². The third-order valence-corrected chi connectivity index (χ3v) is 2.63. The first kappa shape index (κ1) is 11.8. The van der Waals surface area contributed by atoms with Gasteiger partial charge in [-0.2, -0.15) is 0 Å². The first-order chi connectivity index (χ1) is 7.27. The van der Waals surface area contributed by atoms with Crippen LogP contribution in [-0.4, -0.2) is 26.7 Å². The Morgan fingerprint density at radius 1 is 1.67 bits per heavy atom. The van der Waals surface area contributed by atoms with Crippen LogP contribution >= 0.6 is 11.3 Å². The topological polar surface area (TPSA) is 38.3 Å². The summed E-state index contributed by atoms with van der Waals surface area (Å²) in [6.45, 7) is 0.876. The van der Waals surface area contributed by atoms with Crippen LogP contribution in [0.1, 0.15) is 21.7 Å². The van der Waals surface area contributed by atoms with Gasteiger partial charge in [0, 0.05) is 23.9 Å². The highest BCUT2D eigenvalue weighted by Gasteiger charge is 2.07. The highest BCUT2D eigenvalue weighted by atomic mass is 32.1. The molecule has 0 aromatic carbocycles. The lowest BCUT2D eigenvalue weighted by Gasteiger charge is -1.90. The summed E-state index contributed by atoms with van der Waals surface area (Å²) in [7, 11) is 3.27. The summed E-state index contributed by atoms with van der Waals surface area (Å²) in [6, 6.07) is 1.75. The molecule has 1 rings (SSSR count). The van der Waals surface area contributed by atoms with E-state index in [1.165, 1.54) is 18.4 Å². The number of methoxy groups -OCH3 is 1. The normalized spacial score (nSPS) is 9.20. The maximum absolute atomic E-state index is 11.1. The largest absolute Gasteiger partial charge is 0.465 e. The fraction of sp³-hybridized carbons (Fsp3) is 0.364. The molecule has 15 heavy (non-hydrogen) atoms. The third kappa shape index (κ3) is 3.74. The van der Waals surface area contributed by atoms with Crippen molar-refractivity contribution in [1.82, 2.24) is 5.32 Å². The van der Waals surface area contributed by atoms with Gasteiger partial charge in [-0.1, -0.05) is 11.8 Å². The number of ether oxygens (including phenoxy) is 1. The number of carbonyl (C=O) groups excluding carboxylic acids is 1. The fourth-order valence-corrected chi connectivity index (χ4v) is 1.72. The van der Waals surface area contributed by atoms with Crippen molar-refractivity contribution in [3.8, 4) is 11.8 Å². The number of hydrogen-bond acceptors (Lipinski definition) is 4. The van der Waals surface area contributed by atoms with E-state index in [0.29, 0.717) is 4.88 Å². The molecule has 0 aliphatic rings. The molecule has 1 aromatic heterocycles. The van der Waals surface area contributed by atoms with Crippen LogP contribution in [0.3, 0.4) is 0 Å². The molecule has 0 bridgehead atoms. The number of hydrogen-bond donors (Lipinski definition) is 1. The maximum atomic E-state index is 11.1. The molecule has 0 aliphatic heterocycles. The molecule has 1 heterocycles. The van der Waals surface area contributed by atoms with Gasteiger partial charge in [0.15, 0.2) is 0 Å². The van der Waals surface area contributed by atoms with E-state index in [2.05, 4.69) is 21.9 Å². The van der Waals surface area contributed by atoms with Gasteiger partial charge in [0.2, 0.25) is 0 Å². The molecule has 4 heteroatoms. The van der Waals surface area contributed by atoms with E-state index in [4.69, 9.17) is 0 Å². The van der Waals surface area contributed by atoms with Gasteiger partial charge in [0.05, 0.1) is 7.11 Å². The predicted molar refractivity (Wildman–Crippen MR) is 61.1 cm³/mol. The zero-order chi connectivity index (χ0) is 11.1. The molecule has 80 valence electrons. The van der Waals surface area contributed by atoms with Gasteiger partial charge in [-0.25, -0.2) is 4.79 Å². The summed E-state index contributed by atoms with van der Waals surface area (Å²) in [5.41, 5.74) is 0.872. The molecule has 0 spiro atoms. The predicted octanol–water partition coefficient (Wildman–Crippen LogP) is 1.50. The van der Waals surface area contributed by atoms with Crippen LogP contribution in [-0.2, 0) is 4.74 Å². The van der Waals surface area contributed by atoms with Crippen molar-refractivity contribution in [3.63, 3.8) is 0 Å². The summed E-state index contributed by atoms with van der Waals surface area (Å²) >= 11 is 1.35. The monoisotopic (exact) mass is 223 g/mol. The molecule has 0 fully saturated rings. The Hall–Kier alpha value is -1.31. The number of thiophene rings is 1. The molecule has 0 atom stereocenters. The second kappa shape index (κ2) is 6.23. The van der Waals surface area contributed by atoms with Crippen molar-refractivity contribution in [2.45, 2.75) is 6.42 Å². The molecule has 0 saturated carbocycles. The van der Waals surface area contributed by atoms with Crippen molar-refractivity contribution < 1.29 is 9.53 Å². The van der Waals surface area contributed by atoms with E-state index in [1.54, 1.807) is 6.07 Å². The quantitative estimate of drug-likeness (QED) is 0.479. The van der Waals surface area contributed by atoms with Crippen molar-refractivity contribution in [3.05, 3.63) is 21.9 Å². The summed E-state index contributed by atoms with van der Waals surface area (Å²) < 4.78 is 4.61. The fourth-order valence-electron chi connectivity index (χ4n) is 0.961. The number of carbonyl (C=O) groups is 1. The summed E-state index contributed by atoms with van der Waals surface area (Å²) in [5.74, 6) is 5.70. The first-order valence-electron chi connectivity index (χ1n) is 4.58. The van der Waals surface area contributed by atoms with Gasteiger partial charge in [-0.05, 0) is 13.1 Å². The molecular formula is C11H13NO2S. The minimum Gasteiger partial charge on any atom is -0.465 e. The summed E-state index contributed by atoms with van der Waals surface area (Å²) in [5, 5.41) is 4.87. The van der Waals surface area contributed by atoms with Crippen LogP contribution in [0.5, 0.6) is 0 Å². The van der Waals surface area contributed by atoms with Gasteiger partial charge in [0.25, 0.3) is 0 Å². The lowest BCUT2D eigenvalue weighted by Crippen LogP contribution is -2.05. The van der Waals surface area contributed by atoms with Gasteiger partial charge < -0.3 is 10.1 Å². The van der Waals surface area contributed by atoms with Crippen molar-refractivity contribution in [1.29, 1.82) is 0 Å². The average Bonchev–Trinajstić information content (AvgIpc) is 2.72. The van der Waals surface area contributed by atoms with Gasteiger partial charge in [0.1, 0.15) is 4.88 Å². The highest BCUT2D eigenvalue weighted by molar-refractivity contribution is 7.12. The Labute approximate surface area is 93.5 Å². The molecule has 0 amide bonds. The van der Waals surface area contributed by atoms with Crippen molar-refractivity contribution in [2.24, 2.45) is 0 Å². The molecule has 0 saturated heterocycles. The van der Waals surface area contributed by atoms with E-state index >= 15 is 0 Å². The van der Waals surface area contributed by atoms with Gasteiger partial charge in [-0.15, -0.1) is 11.3 Å². The van der Waals surface area contributed by atoms with Gasteiger partial charge >= 0.3 is 5.97 Å². The Morgan fingerprint density at radius 2 is 2.47 bits per heavy atom. The maximum Gasteiger partial charge on any atom is 0.348 e. The van der Waals surface area contributed by atoms with Crippen LogP contribution in [0.15, 0.2) is 11.4 Å². The Morgan fingerprint density at radius 3 is 3.13 bits per heavy atom. The lowest BCUT2D eigenvalue weighted by atomic mass is 10.3. The number of nitrogens with one attached hydrogen (secondary N) is 1. The molecule has 0 unspecified atom stereocenters. The van der Waals surface area contributed by atoms with E-state index in [-0.39, 0.29) is 5.97 Å². The SMILES string of the molecule is CNCCC#Cc1csc(C(=O)OC)c1. The standard InChI is InChI=1S/C11H13NO2S/c1-12-6-4-3-5-9-7-10(15-8-9)11(13)14-2/h7-8,12H,4,6H2,1-2H3. The van der Waals surface area contributed by atoms with Crippen molar-refractivity contribution in [2.75, 3.05) is 20.7 Å². The van der Waals surface area contributed by atoms with Crippen molar-refractivity contribution >= 4 is 17.3 Å².